The van der Waals surface area contributed by atoms with E-state index in [4.69, 9.17) is 0 Å². The average Bonchev–Trinajstić information content (AvgIpc) is 2.52. The van der Waals surface area contributed by atoms with Crippen molar-refractivity contribution in [1.82, 2.24) is 4.98 Å². The standard InChI is InChI=1S/C17H9BrF3NO2/c18-12-6-2-1-5-10(12)13-14(17(19,20)21)11(16(23)24)8-9-4-3-7-22-15(9)13/h1-8H,(H,23,24). The molecule has 0 aliphatic heterocycles. The highest BCUT2D eigenvalue weighted by molar-refractivity contribution is 9.10. The molecule has 7 heteroatoms. The van der Waals surface area contributed by atoms with E-state index < -0.39 is 23.3 Å². The number of carboxylic acid groups (broad SMARTS) is 1. The van der Waals surface area contributed by atoms with Gasteiger partial charge < -0.3 is 5.11 Å². The SMILES string of the molecule is O=C(O)c1cc2cccnc2c(-c2ccccc2Br)c1C(F)(F)F. The number of nitrogens with zero attached hydrogens (tertiary/aromatic N) is 1. The number of carboxylic acids is 1. The second-order valence-electron chi connectivity index (χ2n) is 5.03. The number of aromatic carboxylic acids is 1. The number of pyridine rings is 1. The van der Waals surface area contributed by atoms with E-state index in [1.807, 2.05) is 0 Å². The number of carbonyl (C=O) groups is 1. The van der Waals surface area contributed by atoms with Crippen LogP contribution in [0.15, 0.2) is 53.1 Å². The van der Waals surface area contributed by atoms with Gasteiger partial charge in [0, 0.05) is 21.6 Å². The molecule has 0 bridgehead atoms. The van der Waals surface area contributed by atoms with Gasteiger partial charge in [-0.05, 0) is 23.8 Å². The molecule has 3 rings (SSSR count). The number of hydrogen-bond donors (Lipinski definition) is 1. The first-order chi connectivity index (χ1) is 11.3. The number of aromatic nitrogens is 1. The Morgan fingerprint density at radius 3 is 2.46 bits per heavy atom. The fraction of sp³-hybridized carbons (Fsp3) is 0.0588. The van der Waals surface area contributed by atoms with Crippen LogP contribution in [0.25, 0.3) is 22.0 Å². The van der Waals surface area contributed by atoms with Gasteiger partial charge in [-0.15, -0.1) is 0 Å². The molecule has 3 aromatic rings. The van der Waals surface area contributed by atoms with Crippen LogP contribution in [0.4, 0.5) is 13.2 Å². The third-order valence-electron chi connectivity index (χ3n) is 3.55. The highest BCUT2D eigenvalue weighted by Crippen LogP contribution is 2.44. The molecule has 1 aromatic heterocycles. The van der Waals surface area contributed by atoms with Crippen LogP contribution in [-0.2, 0) is 6.18 Å². The van der Waals surface area contributed by atoms with E-state index in [0.717, 1.165) is 6.07 Å². The van der Waals surface area contributed by atoms with E-state index in [1.165, 1.54) is 18.3 Å². The van der Waals surface area contributed by atoms with Gasteiger partial charge in [-0.1, -0.05) is 40.2 Å². The lowest BCUT2D eigenvalue weighted by atomic mass is 9.91. The summed E-state index contributed by atoms with van der Waals surface area (Å²) in [6.07, 6.45) is -3.46. The van der Waals surface area contributed by atoms with Crippen molar-refractivity contribution in [2.24, 2.45) is 0 Å². The molecule has 0 saturated carbocycles. The monoisotopic (exact) mass is 395 g/mol. The Balaban J connectivity index is 2.58. The Labute approximate surface area is 142 Å². The first-order valence-electron chi connectivity index (χ1n) is 6.78. The molecular weight excluding hydrogens is 387 g/mol. The van der Waals surface area contributed by atoms with E-state index in [-0.39, 0.29) is 16.6 Å². The molecule has 2 aromatic carbocycles. The first-order valence-corrected chi connectivity index (χ1v) is 7.57. The van der Waals surface area contributed by atoms with Crippen molar-refractivity contribution in [3.63, 3.8) is 0 Å². The van der Waals surface area contributed by atoms with Gasteiger partial charge >= 0.3 is 12.1 Å². The minimum Gasteiger partial charge on any atom is -0.478 e. The summed E-state index contributed by atoms with van der Waals surface area (Å²) < 4.78 is 41.5. The summed E-state index contributed by atoms with van der Waals surface area (Å²) in [7, 11) is 0. The van der Waals surface area contributed by atoms with E-state index in [2.05, 4.69) is 20.9 Å². The highest BCUT2D eigenvalue weighted by Gasteiger charge is 2.40. The van der Waals surface area contributed by atoms with E-state index >= 15 is 0 Å². The molecule has 0 aliphatic rings. The quantitative estimate of drug-likeness (QED) is 0.633. The van der Waals surface area contributed by atoms with Crippen molar-refractivity contribution in [3.05, 3.63) is 64.3 Å². The van der Waals surface area contributed by atoms with Gasteiger partial charge in [-0.3, -0.25) is 4.98 Å². The summed E-state index contributed by atoms with van der Waals surface area (Å²) in [5.74, 6) is -1.64. The Morgan fingerprint density at radius 2 is 1.83 bits per heavy atom. The van der Waals surface area contributed by atoms with Crippen LogP contribution < -0.4 is 0 Å². The molecule has 0 saturated heterocycles. The van der Waals surface area contributed by atoms with Crippen LogP contribution in [0.5, 0.6) is 0 Å². The van der Waals surface area contributed by atoms with Crippen LogP contribution in [0.3, 0.4) is 0 Å². The molecule has 0 radical (unpaired) electrons. The molecule has 24 heavy (non-hydrogen) atoms. The van der Waals surface area contributed by atoms with Crippen molar-refractivity contribution in [1.29, 1.82) is 0 Å². The minimum atomic E-state index is -4.84. The summed E-state index contributed by atoms with van der Waals surface area (Å²) in [4.78, 5) is 15.5. The molecule has 0 amide bonds. The fourth-order valence-corrected chi connectivity index (χ4v) is 3.10. The normalized spacial score (nSPS) is 11.7. The maximum atomic E-state index is 13.7. The summed E-state index contributed by atoms with van der Waals surface area (Å²) in [6.45, 7) is 0. The van der Waals surface area contributed by atoms with Gasteiger partial charge in [0.05, 0.1) is 16.6 Å². The number of hydrogen-bond acceptors (Lipinski definition) is 2. The molecule has 0 atom stereocenters. The summed E-state index contributed by atoms with van der Waals surface area (Å²) in [6, 6.07) is 10.4. The largest absolute Gasteiger partial charge is 0.478 e. The highest BCUT2D eigenvalue weighted by atomic mass is 79.9. The Kier molecular flexibility index (Phi) is 4.04. The van der Waals surface area contributed by atoms with Crippen molar-refractivity contribution < 1.29 is 23.1 Å². The van der Waals surface area contributed by atoms with Crippen LogP contribution >= 0.6 is 15.9 Å². The van der Waals surface area contributed by atoms with Crippen LogP contribution in [0.2, 0.25) is 0 Å². The molecule has 0 unspecified atom stereocenters. The van der Waals surface area contributed by atoms with E-state index in [1.54, 1.807) is 24.3 Å². The average molecular weight is 396 g/mol. The van der Waals surface area contributed by atoms with E-state index in [9.17, 15) is 23.1 Å². The smallest absolute Gasteiger partial charge is 0.417 e. The third-order valence-corrected chi connectivity index (χ3v) is 4.24. The lowest BCUT2D eigenvalue weighted by Crippen LogP contribution is -2.15. The van der Waals surface area contributed by atoms with Gasteiger partial charge in [0.2, 0.25) is 0 Å². The summed E-state index contributed by atoms with van der Waals surface area (Å²) in [5, 5.41) is 9.62. The third kappa shape index (κ3) is 2.75. The fourth-order valence-electron chi connectivity index (χ4n) is 2.61. The second kappa shape index (κ2) is 5.90. The maximum Gasteiger partial charge on any atom is 0.417 e. The van der Waals surface area contributed by atoms with Gasteiger partial charge in [0.1, 0.15) is 0 Å². The minimum absolute atomic E-state index is 0.0988. The Morgan fingerprint density at radius 1 is 1.12 bits per heavy atom. The lowest BCUT2D eigenvalue weighted by molar-refractivity contribution is -0.137. The zero-order valence-electron chi connectivity index (χ0n) is 11.9. The molecule has 1 heterocycles. The predicted octanol–water partition coefficient (Wildman–Crippen LogP) is 5.38. The zero-order chi connectivity index (χ0) is 17.5. The number of rotatable bonds is 2. The topological polar surface area (TPSA) is 50.2 Å². The first kappa shape index (κ1) is 16.4. The van der Waals surface area contributed by atoms with Gasteiger partial charge in [0.15, 0.2) is 0 Å². The van der Waals surface area contributed by atoms with Crippen LogP contribution in [-0.4, -0.2) is 16.1 Å². The van der Waals surface area contributed by atoms with Crippen molar-refractivity contribution in [2.45, 2.75) is 6.18 Å². The van der Waals surface area contributed by atoms with Crippen LogP contribution in [0, 0.1) is 0 Å². The summed E-state index contributed by atoms with van der Waals surface area (Å²) >= 11 is 3.24. The number of fused-ring (bicyclic) bond motifs is 1. The Bertz CT molecular complexity index is 954. The molecule has 0 fully saturated rings. The van der Waals surface area contributed by atoms with Crippen molar-refractivity contribution in [2.75, 3.05) is 0 Å². The Hall–Kier alpha value is -2.41. The zero-order valence-corrected chi connectivity index (χ0v) is 13.5. The number of alkyl halides is 3. The number of benzene rings is 2. The molecule has 1 N–H and O–H groups in total. The molecule has 0 spiro atoms. The molecular formula is C17H9BrF3NO2. The maximum absolute atomic E-state index is 13.7. The van der Waals surface area contributed by atoms with Gasteiger partial charge in [-0.25, -0.2) is 4.79 Å². The lowest BCUT2D eigenvalue weighted by Gasteiger charge is -2.18. The van der Waals surface area contributed by atoms with Crippen molar-refractivity contribution >= 4 is 32.8 Å². The molecule has 0 aliphatic carbocycles. The van der Waals surface area contributed by atoms with Crippen LogP contribution in [0.1, 0.15) is 15.9 Å². The summed E-state index contributed by atoms with van der Waals surface area (Å²) in [5.41, 5.74) is -1.91. The van der Waals surface area contributed by atoms with E-state index in [0.29, 0.717) is 9.86 Å². The molecule has 122 valence electrons. The second-order valence-corrected chi connectivity index (χ2v) is 5.89. The van der Waals surface area contributed by atoms with Gasteiger partial charge in [-0.2, -0.15) is 13.2 Å². The predicted molar refractivity (Wildman–Crippen MR) is 86.8 cm³/mol. The van der Waals surface area contributed by atoms with Gasteiger partial charge in [0.25, 0.3) is 0 Å². The van der Waals surface area contributed by atoms with Crippen molar-refractivity contribution in [3.8, 4) is 11.1 Å². The number of halogens is 4. The molecule has 3 nitrogen and oxygen atoms in total.